The number of unbranched alkanes of at least 4 members (excludes halogenated alkanes) is 5. The maximum absolute atomic E-state index is 11.7. The molecular formula is C18H30N2O2. The van der Waals surface area contributed by atoms with E-state index < -0.39 is 6.04 Å². The molecule has 0 spiro atoms. The second kappa shape index (κ2) is 11.2. The van der Waals surface area contributed by atoms with Crippen LogP contribution in [0.1, 0.15) is 57.4 Å². The predicted molar refractivity (Wildman–Crippen MR) is 91.8 cm³/mol. The van der Waals surface area contributed by atoms with Crippen molar-refractivity contribution in [1.29, 1.82) is 0 Å². The van der Waals surface area contributed by atoms with Crippen molar-refractivity contribution in [2.75, 3.05) is 11.9 Å². The summed E-state index contributed by atoms with van der Waals surface area (Å²) < 4.78 is 0. The molecule has 124 valence electrons. The Morgan fingerprint density at radius 3 is 2.41 bits per heavy atom. The van der Waals surface area contributed by atoms with Crippen LogP contribution in [0, 0.1) is 0 Å². The van der Waals surface area contributed by atoms with Gasteiger partial charge in [0.05, 0.1) is 6.04 Å². The molecule has 4 N–H and O–H groups in total. The number of carbonyl (C=O) groups excluding carboxylic acids is 1. The standard InChI is InChI=1S/C18H30N2O2/c1-2-3-4-5-6-7-8-15-9-11-16(12-10-15)20-18(22)17(19)13-14-21/h9-12,17,21H,2-8,13-14,19H2,1H3,(H,20,22)/t17-/m1/s1. The SMILES string of the molecule is CCCCCCCCc1ccc(NC(=O)[C@H](N)CCO)cc1. The highest BCUT2D eigenvalue weighted by molar-refractivity contribution is 5.94. The first-order chi connectivity index (χ1) is 10.7. The lowest BCUT2D eigenvalue weighted by Gasteiger charge is -2.11. The van der Waals surface area contributed by atoms with Crippen LogP contribution < -0.4 is 11.1 Å². The molecule has 0 saturated heterocycles. The number of hydrogen-bond acceptors (Lipinski definition) is 3. The Labute approximate surface area is 134 Å². The van der Waals surface area contributed by atoms with Crippen molar-refractivity contribution in [3.63, 3.8) is 0 Å². The summed E-state index contributed by atoms with van der Waals surface area (Å²) in [6.07, 6.45) is 9.17. The van der Waals surface area contributed by atoms with Gasteiger partial charge < -0.3 is 16.2 Å². The molecule has 0 aromatic heterocycles. The van der Waals surface area contributed by atoms with E-state index in [0.29, 0.717) is 0 Å². The van der Waals surface area contributed by atoms with Gasteiger partial charge in [0, 0.05) is 12.3 Å². The van der Waals surface area contributed by atoms with Gasteiger partial charge >= 0.3 is 0 Å². The van der Waals surface area contributed by atoms with Crippen LogP contribution in [0.15, 0.2) is 24.3 Å². The average Bonchev–Trinajstić information content (AvgIpc) is 2.52. The normalized spacial score (nSPS) is 12.1. The van der Waals surface area contributed by atoms with Gasteiger partial charge in [0.1, 0.15) is 0 Å². The number of amides is 1. The molecule has 0 heterocycles. The molecule has 0 saturated carbocycles. The smallest absolute Gasteiger partial charge is 0.241 e. The Bertz CT molecular complexity index is 418. The van der Waals surface area contributed by atoms with Crippen LogP contribution in [0.3, 0.4) is 0 Å². The van der Waals surface area contributed by atoms with Crippen LogP contribution in [0.2, 0.25) is 0 Å². The minimum atomic E-state index is -0.659. The summed E-state index contributed by atoms with van der Waals surface area (Å²) in [5, 5.41) is 11.5. The molecule has 1 amide bonds. The number of nitrogens with one attached hydrogen (secondary N) is 1. The zero-order valence-corrected chi connectivity index (χ0v) is 13.7. The quantitative estimate of drug-likeness (QED) is 0.549. The van der Waals surface area contributed by atoms with Gasteiger partial charge in [-0.05, 0) is 37.0 Å². The van der Waals surface area contributed by atoms with Crippen LogP contribution in [0.25, 0.3) is 0 Å². The Morgan fingerprint density at radius 2 is 1.77 bits per heavy atom. The Hall–Kier alpha value is -1.39. The highest BCUT2D eigenvalue weighted by Crippen LogP contribution is 2.13. The van der Waals surface area contributed by atoms with Crippen molar-refractivity contribution in [2.45, 2.75) is 64.3 Å². The fourth-order valence-corrected chi connectivity index (χ4v) is 2.37. The van der Waals surface area contributed by atoms with Gasteiger partial charge in [-0.15, -0.1) is 0 Å². The van der Waals surface area contributed by atoms with E-state index in [9.17, 15) is 4.79 Å². The molecule has 0 aliphatic heterocycles. The van der Waals surface area contributed by atoms with E-state index in [1.807, 2.05) is 12.1 Å². The summed E-state index contributed by atoms with van der Waals surface area (Å²) in [6, 6.07) is 7.28. The fourth-order valence-electron chi connectivity index (χ4n) is 2.37. The summed E-state index contributed by atoms with van der Waals surface area (Å²) in [5.41, 5.74) is 7.70. The van der Waals surface area contributed by atoms with Gasteiger partial charge in [0.2, 0.25) is 5.91 Å². The Morgan fingerprint density at radius 1 is 1.14 bits per heavy atom. The van der Waals surface area contributed by atoms with Crippen molar-refractivity contribution in [3.8, 4) is 0 Å². The Balaban J connectivity index is 2.29. The molecule has 0 aliphatic rings. The molecule has 1 aromatic rings. The minimum Gasteiger partial charge on any atom is -0.396 e. The number of carbonyl (C=O) groups is 1. The molecule has 4 nitrogen and oxygen atoms in total. The lowest BCUT2D eigenvalue weighted by Crippen LogP contribution is -2.36. The van der Waals surface area contributed by atoms with Crippen LogP contribution in [-0.2, 0) is 11.2 Å². The number of nitrogens with two attached hydrogens (primary N) is 1. The van der Waals surface area contributed by atoms with Gasteiger partial charge in [-0.1, -0.05) is 51.2 Å². The lowest BCUT2D eigenvalue weighted by molar-refractivity contribution is -0.117. The van der Waals surface area contributed by atoms with Gasteiger partial charge in [-0.25, -0.2) is 0 Å². The highest BCUT2D eigenvalue weighted by Gasteiger charge is 2.12. The number of aliphatic hydroxyl groups excluding tert-OH is 1. The number of anilines is 1. The van der Waals surface area contributed by atoms with Crippen LogP contribution in [0.4, 0.5) is 5.69 Å². The van der Waals surface area contributed by atoms with E-state index in [1.165, 1.54) is 44.1 Å². The predicted octanol–water partition coefficient (Wildman–Crippen LogP) is 3.24. The first kappa shape index (κ1) is 18.7. The summed E-state index contributed by atoms with van der Waals surface area (Å²) in [6.45, 7) is 2.16. The van der Waals surface area contributed by atoms with E-state index in [1.54, 1.807) is 0 Å². The van der Waals surface area contributed by atoms with Crippen molar-refractivity contribution < 1.29 is 9.90 Å². The third-order valence-electron chi connectivity index (χ3n) is 3.82. The number of rotatable bonds is 11. The van der Waals surface area contributed by atoms with Crippen molar-refractivity contribution >= 4 is 11.6 Å². The summed E-state index contributed by atoms with van der Waals surface area (Å²) >= 11 is 0. The largest absolute Gasteiger partial charge is 0.396 e. The zero-order valence-electron chi connectivity index (χ0n) is 13.7. The van der Waals surface area contributed by atoms with Gasteiger partial charge in [-0.2, -0.15) is 0 Å². The summed E-state index contributed by atoms with van der Waals surface area (Å²) in [7, 11) is 0. The molecule has 1 aromatic carbocycles. The molecule has 0 unspecified atom stereocenters. The molecule has 22 heavy (non-hydrogen) atoms. The van der Waals surface area contributed by atoms with E-state index in [0.717, 1.165) is 12.1 Å². The van der Waals surface area contributed by atoms with Gasteiger partial charge in [0.15, 0.2) is 0 Å². The number of benzene rings is 1. The van der Waals surface area contributed by atoms with Crippen LogP contribution >= 0.6 is 0 Å². The summed E-state index contributed by atoms with van der Waals surface area (Å²) in [4.78, 5) is 11.7. The number of aliphatic hydroxyl groups is 1. The molecule has 0 radical (unpaired) electrons. The third kappa shape index (κ3) is 7.57. The molecule has 0 aliphatic carbocycles. The molecule has 1 atom stereocenters. The average molecular weight is 306 g/mol. The van der Waals surface area contributed by atoms with Crippen molar-refractivity contribution in [1.82, 2.24) is 0 Å². The van der Waals surface area contributed by atoms with Gasteiger partial charge in [0.25, 0.3) is 0 Å². The van der Waals surface area contributed by atoms with Crippen molar-refractivity contribution in [2.24, 2.45) is 5.73 Å². The highest BCUT2D eigenvalue weighted by atomic mass is 16.3. The van der Waals surface area contributed by atoms with E-state index in [2.05, 4.69) is 24.4 Å². The topological polar surface area (TPSA) is 75.4 Å². The third-order valence-corrected chi connectivity index (χ3v) is 3.82. The molecule has 0 bridgehead atoms. The van der Waals surface area contributed by atoms with Gasteiger partial charge in [-0.3, -0.25) is 4.79 Å². The second-order valence-corrected chi connectivity index (χ2v) is 5.82. The van der Waals surface area contributed by atoms with E-state index >= 15 is 0 Å². The molecular weight excluding hydrogens is 276 g/mol. The first-order valence-corrected chi connectivity index (χ1v) is 8.43. The van der Waals surface area contributed by atoms with E-state index in [-0.39, 0.29) is 18.9 Å². The Kier molecular flexibility index (Phi) is 9.51. The van der Waals surface area contributed by atoms with Crippen LogP contribution in [0.5, 0.6) is 0 Å². The maximum Gasteiger partial charge on any atom is 0.241 e. The number of aryl methyl sites for hydroxylation is 1. The summed E-state index contributed by atoms with van der Waals surface area (Å²) in [5.74, 6) is -0.252. The minimum absolute atomic E-state index is 0.0776. The second-order valence-electron chi connectivity index (χ2n) is 5.82. The first-order valence-electron chi connectivity index (χ1n) is 8.43. The van der Waals surface area contributed by atoms with E-state index in [4.69, 9.17) is 10.8 Å². The molecule has 1 rings (SSSR count). The molecule has 0 fully saturated rings. The number of hydrogen-bond donors (Lipinski definition) is 3. The monoisotopic (exact) mass is 306 g/mol. The maximum atomic E-state index is 11.7. The lowest BCUT2D eigenvalue weighted by atomic mass is 10.0. The van der Waals surface area contributed by atoms with Crippen molar-refractivity contribution in [3.05, 3.63) is 29.8 Å². The molecule has 4 heteroatoms. The zero-order chi connectivity index (χ0) is 16.2. The fraction of sp³-hybridized carbons (Fsp3) is 0.611. The van der Waals surface area contributed by atoms with Crippen LogP contribution in [-0.4, -0.2) is 23.7 Å².